The van der Waals surface area contributed by atoms with Crippen LogP contribution in [0.1, 0.15) is 5.82 Å². The molecule has 0 saturated heterocycles. The zero-order chi connectivity index (χ0) is 18.5. The number of halogens is 2. The lowest BCUT2D eigenvalue weighted by Crippen LogP contribution is -2.35. The summed E-state index contributed by atoms with van der Waals surface area (Å²) in [6.07, 6.45) is 1.48. The summed E-state index contributed by atoms with van der Waals surface area (Å²) in [6.45, 7) is -0.0625. The van der Waals surface area contributed by atoms with Gasteiger partial charge in [-0.15, -0.1) is 10.2 Å². The van der Waals surface area contributed by atoms with E-state index >= 15 is 0 Å². The molecule has 2 aromatic carbocycles. The maximum Gasteiger partial charge on any atom is 0.313 e. The standard InChI is InChI=1S/C17H13F2N5O2/c18-11-6-7-14(13(19)8-11)22-17(26)16(25)20-9-15-23-21-10-24(15)12-4-2-1-3-5-12/h1-8,10H,9H2,(H,20,25)(H,22,26). The van der Waals surface area contributed by atoms with Crippen LogP contribution in [-0.2, 0) is 16.1 Å². The minimum atomic E-state index is -1.08. The van der Waals surface area contributed by atoms with Gasteiger partial charge in [0.2, 0.25) is 0 Å². The lowest BCUT2D eigenvalue weighted by atomic mass is 10.3. The summed E-state index contributed by atoms with van der Waals surface area (Å²) in [6, 6.07) is 11.8. The molecule has 0 saturated carbocycles. The topological polar surface area (TPSA) is 88.9 Å². The quantitative estimate of drug-likeness (QED) is 0.697. The largest absolute Gasteiger partial charge is 0.341 e. The monoisotopic (exact) mass is 357 g/mol. The molecule has 7 nitrogen and oxygen atoms in total. The molecule has 132 valence electrons. The van der Waals surface area contributed by atoms with Gasteiger partial charge in [-0.3, -0.25) is 14.2 Å². The van der Waals surface area contributed by atoms with Gasteiger partial charge in [-0.2, -0.15) is 0 Å². The van der Waals surface area contributed by atoms with Gasteiger partial charge in [-0.25, -0.2) is 8.78 Å². The van der Waals surface area contributed by atoms with Crippen LogP contribution in [0.15, 0.2) is 54.9 Å². The van der Waals surface area contributed by atoms with Gasteiger partial charge in [0.25, 0.3) is 0 Å². The molecule has 3 rings (SSSR count). The lowest BCUT2D eigenvalue weighted by Gasteiger charge is -2.08. The first-order valence-electron chi connectivity index (χ1n) is 7.53. The van der Waals surface area contributed by atoms with E-state index in [2.05, 4.69) is 20.8 Å². The molecule has 0 atom stereocenters. The van der Waals surface area contributed by atoms with Crippen molar-refractivity contribution in [2.45, 2.75) is 6.54 Å². The highest BCUT2D eigenvalue weighted by atomic mass is 19.1. The molecule has 9 heteroatoms. The average Bonchev–Trinajstić information content (AvgIpc) is 3.11. The third-order valence-electron chi connectivity index (χ3n) is 3.45. The minimum absolute atomic E-state index is 0.0625. The Bertz CT molecular complexity index is 943. The molecule has 3 aromatic rings. The van der Waals surface area contributed by atoms with E-state index in [4.69, 9.17) is 0 Å². The van der Waals surface area contributed by atoms with Gasteiger partial charge in [0, 0.05) is 11.8 Å². The summed E-state index contributed by atoms with van der Waals surface area (Å²) in [4.78, 5) is 23.7. The third kappa shape index (κ3) is 3.89. The molecule has 1 heterocycles. The van der Waals surface area contributed by atoms with Crippen LogP contribution in [-0.4, -0.2) is 26.6 Å². The first-order valence-corrected chi connectivity index (χ1v) is 7.53. The summed E-state index contributed by atoms with van der Waals surface area (Å²) in [5, 5.41) is 12.1. The highest BCUT2D eigenvalue weighted by Crippen LogP contribution is 2.14. The molecule has 0 aliphatic carbocycles. The van der Waals surface area contributed by atoms with Gasteiger partial charge in [-0.05, 0) is 24.3 Å². The Balaban J connectivity index is 1.63. The van der Waals surface area contributed by atoms with Crippen LogP contribution < -0.4 is 10.6 Å². The molecule has 2 N–H and O–H groups in total. The van der Waals surface area contributed by atoms with Gasteiger partial charge < -0.3 is 10.6 Å². The molecule has 2 amide bonds. The SMILES string of the molecule is O=C(NCc1nncn1-c1ccccc1)C(=O)Nc1ccc(F)cc1F. The fraction of sp³-hybridized carbons (Fsp3) is 0.0588. The third-order valence-corrected chi connectivity index (χ3v) is 3.45. The number of rotatable bonds is 4. The van der Waals surface area contributed by atoms with E-state index in [9.17, 15) is 18.4 Å². The van der Waals surface area contributed by atoms with Crippen LogP contribution in [0.5, 0.6) is 0 Å². The van der Waals surface area contributed by atoms with Gasteiger partial charge in [0.15, 0.2) is 5.82 Å². The van der Waals surface area contributed by atoms with Gasteiger partial charge in [0.05, 0.1) is 12.2 Å². The molecule has 0 radical (unpaired) electrons. The normalized spacial score (nSPS) is 10.4. The van der Waals surface area contributed by atoms with Gasteiger partial charge >= 0.3 is 11.8 Å². The Morgan fingerprint density at radius 2 is 1.81 bits per heavy atom. The number of amides is 2. The number of anilines is 1. The fourth-order valence-electron chi connectivity index (χ4n) is 2.19. The molecule has 0 aliphatic heterocycles. The molecular formula is C17H13F2N5O2. The van der Waals surface area contributed by atoms with E-state index in [1.807, 2.05) is 30.3 Å². The van der Waals surface area contributed by atoms with Gasteiger partial charge in [0.1, 0.15) is 18.0 Å². The Morgan fingerprint density at radius 1 is 1.04 bits per heavy atom. The first-order chi connectivity index (χ1) is 12.5. The van der Waals surface area contributed by atoms with Crippen molar-refractivity contribution in [2.24, 2.45) is 0 Å². The highest BCUT2D eigenvalue weighted by Gasteiger charge is 2.17. The molecule has 1 aromatic heterocycles. The van der Waals surface area contributed by atoms with Crippen LogP contribution in [0, 0.1) is 11.6 Å². The van der Waals surface area contributed by atoms with Crippen LogP contribution in [0.3, 0.4) is 0 Å². The van der Waals surface area contributed by atoms with E-state index < -0.39 is 23.4 Å². The fourth-order valence-corrected chi connectivity index (χ4v) is 2.19. The summed E-state index contributed by atoms with van der Waals surface area (Å²) >= 11 is 0. The number of benzene rings is 2. The predicted molar refractivity (Wildman–Crippen MR) is 88.2 cm³/mol. The summed E-state index contributed by atoms with van der Waals surface area (Å²) in [5.41, 5.74) is 0.499. The van der Waals surface area contributed by atoms with Crippen molar-refractivity contribution >= 4 is 17.5 Å². The molecule has 26 heavy (non-hydrogen) atoms. The molecular weight excluding hydrogens is 344 g/mol. The number of carbonyl (C=O) groups excluding carboxylic acids is 2. The van der Waals surface area contributed by atoms with E-state index in [1.165, 1.54) is 6.33 Å². The van der Waals surface area contributed by atoms with E-state index in [-0.39, 0.29) is 12.2 Å². The average molecular weight is 357 g/mol. The summed E-state index contributed by atoms with van der Waals surface area (Å²) in [7, 11) is 0. The second-order valence-electron chi connectivity index (χ2n) is 5.21. The molecule has 0 spiro atoms. The van der Waals surface area contributed by atoms with Crippen molar-refractivity contribution in [1.29, 1.82) is 0 Å². The van der Waals surface area contributed by atoms with E-state index in [1.54, 1.807) is 4.57 Å². The summed E-state index contributed by atoms with van der Waals surface area (Å²) < 4.78 is 28.0. The van der Waals surface area contributed by atoms with Gasteiger partial charge in [-0.1, -0.05) is 18.2 Å². The highest BCUT2D eigenvalue weighted by molar-refractivity contribution is 6.39. The van der Waals surface area contributed by atoms with Crippen LogP contribution >= 0.6 is 0 Å². The lowest BCUT2D eigenvalue weighted by molar-refractivity contribution is -0.136. The van der Waals surface area contributed by atoms with Crippen molar-refractivity contribution in [2.75, 3.05) is 5.32 Å². The Labute approximate surface area is 146 Å². The van der Waals surface area contributed by atoms with Crippen molar-refractivity contribution < 1.29 is 18.4 Å². The second-order valence-corrected chi connectivity index (χ2v) is 5.21. The molecule has 0 unspecified atom stereocenters. The molecule has 0 bridgehead atoms. The predicted octanol–water partition coefficient (Wildman–Crippen LogP) is 1.80. The van der Waals surface area contributed by atoms with Crippen molar-refractivity contribution in [1.82, 2.24) is 20.1 Å². The number of nitrogens with one attached hydrogen (secondary N) is 2. The first kappa shape index (κ1) is 17.2. The number of hydrogen-bond donors (Lipinski definition) is 2. The number of nitrogens with zero attached hydrogens (tertiary/aromatic N) is 3. The molecule has 0 fully saturated rings. The molecule has 0 aliphatic rings. The second kappa shape index (κ2) is 7.51. The Morgan fingerprint density at radius 3 is 2.54 bits per heavy atom. The van der Waals surface area contributed by atoms with Crippen LogP contribution in [0.4, 0.5) is 14.5 Å². The summed E-state index contributed by atoms with van der Waals surface area (Å²) in [5.74, 6) is -3.43. The van der Waals surface area contributed by atoms with Crippen LogP contribution in [0.2, 0.25) is 0 Å². The number of carbonyl (C=O) groups is 2. The Hall–Kier alpha value is -3.62. The maximum atomic E-state index is 13.5. The number of aromatic nitrogens is 3. The Kier molecular flexibility index (Phi) is 4.97. The van der Waals surface area contributed by atoms with E-state index in [0.717, 1.165) is 17.8 Å². The van der Waals surface area contributed by atoms with Crippen molar-refractivity contribution in [3.63, 3.8) is 0 Å². The van der Waals surface area contributed by atoms with E-state index in [0.29, 0.717) is 11.9 Å². The smallest absolute Gasteiger partial charge is 0.313 e. The zero-order valence-electron chi connectivity index (χ0n) is 13.3. The maximum absolute atomic E-state index is 13.5. The van der Waals surface area contributed by atoms with Crippen molar-refractivity contribution in [3.8, 4) is 5.69 Å². The number of hydrogen-bond acceptors (Lipinski definition) is 4. The number of para-hydroxylation sites is 1. The van der Waals surface area contributed by atoms with Crippen LogP contribution in [0.25, 0.3) is 5.69 Å². The zero-order valence-corrected chi connectivity index (χ0v) is 13.3. The minimum Gasteiger partial charge on any atom is -0.341 e. The van der Waals surface area contributed by atoms with Crippen molar-refractivity contribution in [3.05, 3.63) is 72.3 Å².